The van der Waals surface area contributed by atoms with Crippen LogP contribution in [-0.4, -0.2) is 55.7 Å². The average molecular weight is 484 g/mol. The number of fused-ring (bicyclic) bond motifs is 1. The Kier molecular flexibility index (Phi) is 7.52. The summed E-state index contributed by atoms with van der Waals surface area (Å²) in [4.78, 5) is 12.3. The number of piperidine rings is 1. The second-order valence-electron chi connectivity index (χ2n) is 8.95. The van der Waals surface area contributed by atoms with E-state index in [1.54, 1.807) is 11.2 Å². The highest BCUT2D eigenvalue weighted by atomic mass is 32.2. The molecule has 0 spiro atoms. The average Bonchev–Trinajstić information content (AvgIpc) is 3.28. The number of allylic oxidation sites excluding steroid dienone is 2. The second kappa shape index (κ2) is 10.4. The molecule has 4 rings (SSSR count). The molecule has 0 bridgehead atoms. The van der Waals surface area contributed by atoms with E-state index in [2.05, 4.69) is 17.5 Å². The highest BCUT2D eigenvalue weighted by Gasteiger charge is 2.32. The quantitative estimate of drug-likeness (QED) is 0.475. The number of nitrogens with one attached hydrogen (secondary N) is 1. The summed E-state index contributed by atoms with van der Waals surface area (Å²) in [6.45, 7) is 4.07. The van der Waals surface area contributed by atoms with Crippen molar-refractivity contribution < 1.29 is 18.3 Å². The second-order valence-corrected chi connectivity index (χ2v) is 11.2. The predicted molar refractivity (Wildman–Crippen MR) is 135 cm³/mol. The largest absolute Gasteiger partial charge is 0.395 e. The molecule has 0 atom stereocenters. The molecule has 0 aromatic heterocycles. The number of rotatable bonds is 9. The molecule has 4 N–H and O–H groups in total. The van der Waals surface area contributed by atoms with Crippen LogP contribution in [0.25, 0.3) is 16.7 Å². The van der Waals surface area contributed by atoms with Crippen molar-refractivity contribution in [3.05, 3.63) is 64.7 Å². The molecule has 1 amide bonds. The molecule has 2 aliphatic rings. The van der Waals surface area contributed by atoms with Gasteiger partial charge in [0.1, 0.15) is 0 Å². The van der Waals surface area contributed by atoms with E-state index in [1.807, 2.05) is 30.3 Å². The number of carbonyl (C=O) groups is 1. The van der Waals surface area contributed by atoms with Crippen LogP contribution in [0.3, 0.4) is 0 Å². The number of hydrogen-bond donors (Lipinski definition) is 3. The van der Waals surface area contributed by atoms with Gasteiger partial charge in [0.2, 0.25) is 15.9 Å². The summed E-state index contributed by atoms with van der Waals surface area (Å²) >= 11 is 0. The molecule has 1 aliphatic heterocycles. The van der Waals surface area contributed by atoms with Crippen LogP contribution in [0.2, 0.25) is 0 Å². The van der Waals surface area contributed by atoms with E-state index in [4.69, 9.17) is 10.8 Å². The van der Waals surface area contributed by atoms with Gasteiger partial charge in [0, 0.05) is 31.7 Å². The highest BCUT2D eigenvalue weighted by Crippen LogP contribution is 2.41. The van der Waals surface area contributed by atoms with Crippen molar-refractivity contribution in [2.45, 2.75) is 32.7 Å². The Labute approximate surface area is 201 Å². The van der Waals surface area contributed by atoms with Gasteiger partial charge in [-0.2, -0.15) is 0 Å². The van der Waals surface area contributed by atoms with E-state index >= 15 is 0 Å². The third kappa shape index (κ3) is 5.10. The fraction of sp³-hybridized carbons (Fsp3) is 0.423. The first-order valence-electron chi connectivity index (χ1n) is 11.9. The lowest BCUT2D eigenvalue weighted by molar-refractivity contribution is 0.0999. The molecular weight excluding hydrogens is 450 g/mol. The molecule has 182 valence electrons. The topological polar surface area (TPSA) is 113 Å². The lowest BCUT2D eigenvalue weighted by Gasteiger charge is -2.32. The first-order valence-corrected chi connectivity index (χ1v) is 13.5. The summed E-state index contributed by atoms with van der Waals surface area (Å²) in [6.07, 6.45) is 4.41. The number of hydrogen-bond acceptors (Lipinski definition) is 5. The van der Waals surface area contributed by atoms with Crippen LogP contribution in [-0.2, 0) is 23.0 Å². The number of amides is 1. The van der Waals surface area contributed by atoms with E-state index in [0.29, 0.717) is 38.2 Å². The van der Waals surface area contributed by atoms with Crippen LogP contribution >= 0.6 is 0 Å². The van der Waals surface area contributed by atoms with Crippen molar-refractivity contribution >= 4 is 21.5 Å². The van der Waals surface area contributed by atoms with Gasteiger partial charge in [0.05, 0.1) is 12.4 Å². The number of carbonyl (C=O) groups excluding carboxylic acids is 1. The summed E-state index contributed by atoms with van der Waals surface area (Å²) in [6, 6.07) is 12.2. The Balaban J connectivity index is 1.59. The molecular formula is C26H33N3O4S. The van der Waals surface area contributed by atoms with Gasteiger partial charge >= 0.3 is 0 Å². The first-order chi connectivity index (χ1) is 16.3. The van der Waals surface area contributed by atoms with Gasteiger partial charge in [-0.15, -0.1) is 0 Å². The molecule has 7 nitrogen and oxygen atoms in total. The molecule has 1 fully saturated rings. The van der Waals surface area contributed by atoms with Crippen LogP contribution in [0.5, 0.6) is 0 Å². The van der Waals surface area contributed by atoms with Gasteiger partial charge in [0.25, 0.3) is 0 Å². The Hall–Kier alpha value is -2.52. The van der Waals surface area contributed by atoms with Crippen molar-refractivity contribution in [2.24, 2.45) is 11.7 Å². The lowest BCUT2D eigenvalue weighted by atomic mass is 9.84. The third-order valence-electron chi connectivity index (χ3n) is 6.91. The number of nitrogens with two attached hydrogens (primary N) is 1. The van der Waals surface area contributed by atoms with Crippen LogP contribution in [0, 0.1) is 5.92 Å². The van der Waals surface area contributed by atoms with Crippen molar-refractivity contribution in [3.63, 3.8) is 0 Å². The molecule has 1 aliphatic carbocycles. The summed E-state index contributed by atoms with van der Waals surface area (Å²) in [5, 5.41) is 12.1. The Morgan fingerprint density at radius 3 is 2.47 bits per heavy atom. The van der Waals surface area contributed by atoms with E-state index in [1.165, 1.54) is 5.57 Å². The minimum absolute atomic E-state index is 0.104. The zero-order valence-corrected chi connectivity index (χ0v) is 20.4. The molecule has 8 heteroatoms. The van der Waals surface area contributed by atoms with Crippen LogP contribution in [0.15, 0.2) is 42.5 Å². The van der Waals surface area contributed by atoms with Crippen molar-refractivity contribution in [2.75, 3.05) is 32.0 Å². The van der Waals surface area contributed by atoms with Gasteiger partial charge in [0.15, 0.2) is 0 Å². The van der Waals surface area contributed by atoms with Crippen LogP contribution in [0.1, 0.15) is 46.8 Å². The zero-order chi connectivity index (χ0) is 24.3. The maximum atomic E-state index is 12.3. The Bertz CT molecular complexity index is 1180. The molecule has 0 saturated carbocycles. The van der Waals surface area contributed by atoms with Crippen LogP contribution < -0.4 is 11.1 Å². The van der Waals surface area contributed by atoms with Gasteiger partial charge in [-0.1, -0.05) is 30.3 Å². The Morgan fingerprint density at radius 1 is 1.15 bits per heavy atom. The molecule has 0 radical (unpaired) electrons. The molecule has 34 heavy (non-hydrogen) atoms. The van der Waals surface area contributed by atoms with Crippen molar-refractivity contribution in [1.82, 2.24) is 9.62 Å². The van der Waals surface area contributed by atoms with Gasteiger partial charge < -0.3 is 16.2 Å². The smallest absolute Gasteiger partial charge is 0.249 e. The predicted octanol–water partition coefficient (Wildman–Crippen LogP) is 2.54. The summed E-state index contributed by atoms with van der Waals surface area (Å²) in [7, 11) is -3.16. The number of nitrogens with zero attached hydrogens (tertiary/aromatic N) is 1. The summed E-state index contributed by atoms with van der Waals surface area (Å²) in [5.74, 6) is -0.0351. The maximum Gasteiger partial charge on any atom is 0.249 e. The fourth-order valence-corrected chi connectivity index (χ4v) is 6.13. The maximum absolute atomic E-state index is 12.3. The fourth-order valence-electron chi connectivity index (χ4n) is 5.00. The monoisotopic (exact) mass is 483 g/mol. The number of aliphatic hydroxyl groups excluding tert-OH is 1. The standard InChI is InChI=1S/C26H33N3O4S/c1-2-34(32,33)29-12-9-20(10-13-29)22-7-8-23-24(22)15-21(16-25(23)26(27)31)19-5-3-18(4-6-19)17-28-11-14-30/h3-7,15-16,20,28,30H,2,8-14,17H2,1H3,(H2,27,31). The molecule has 1 saturated heterocycles. The number of sulfonamides is 1. The molecule has 2 aromatic carbocycles. The number of primary amides is 1. The molecule has 0 unspecified atom stereocenters. The minimum atomic E-state index is -3.16. The van der Waals surface area contributed by atoms with Gasteiger partial charge in [-0.25, -0.2) is 12.7 Å². The molecule has 2 aromatic rings. The van der Waals surface area contributed by atoms with Crippen molar-refractivity contribution in [3.8, 4) is 11.1 Å². The highest BCUT2D eigenvalue weighted by molar-refractivity contribution is 7.89. The van der Waals surface area contributed by atoms with Crippen LogP contribution in [0.4, 0.5) is 0 Å². The summed E-state index contributed by atoms with van der Waals surface area (Å²) < 4.78 is 26.1. The number of benzene rings is 2. The first kappa shape index (κ1) is 24.6. The Morgan fingerprint density at radius 2 is 1.85 bits per heavy atom. The zero-order valence-electron chi connectivity index (χ0n) is 19.6. The summed E-state index contributed by atoms with van der Waals surface area (Å²) in [5.41, 5.74) is 12.6. The van der Waals surface area contributed by atoms with Crippen molar-refractivity contribution in [1.29, 1.82) is 0 Å². The normalized spacial score (nSPS) is 16.9. The SMILES string of the molecule is CCS(=O)(=O)N1CCC(C2=CCc3c(C(N)=O)cc(-c4ccc(CNCCO)cc4)cc32)CC1. The van der Waals surface area contributed by atoms with Gasteiger partial charge in [-0.05, 0) is 77.6 Å². The van der Waals surface area contributed by atoms with E-state index in [0.717, 1.165) is 40.7 Å². The third-order valence-corrected chi connectivity index (χ3v) is 8.79. The van der Waals surface area contributed by atoms with E-state index in [9.17, 15) is 13.2 Å². The van der Waals surface area contributed by atoms with Gasteiger partial charge in [-0.3, -0.25) is 4.79 Å². The molecule has 1 heterocycles. The van der Waals surface area contributed by atoms with E-state index in [-0.39, 0.29) is 18.3 Å². The minimum Gasteiger partial charge on any atom is -0.395 e. The van der Waals surface area contributed by atoms with E-state index < -0.39 is 15.9 Å². The lowest BCUT2D eigenvalue weighted by Crippen LogP contribution is -2.39. The number of aliphatic hydroxyl groups is 1.